The number of alkyl halides is 8. The third-order valence-corrected chi connectivity index (χ3v) is 2.67. The van der Waals surface area contributed by atoms with Gasteiger partial charge in [-0.2, -0.15) is 35.1 Å². The van der Waals surface area contributed by atoms with Gasteiger partial charge in [0.2, 0.25) is 0 Å². The van der Waals surface area contributed by atoms with E-state index >= 15 is 0 Å². The fraction of sp³-hybridized carbons (Fsp3) is 0.455. The van der Waals surface area contributed by atoms with E-state index in [0.717, 1.165) is 13.2 Å². The second kappa shape index (κ2) is 6.45. The lowest BCUT2D eigenvalue weighted by molar-refractivity contribution is -0.291. The maximum atomic E-state index is 13.1. The molecule has 22 heavy (non-hydrogen) atoms. The number of methoxy groups -OCH3 is 1. The molecule has 0 saturated heterocycles. The average Bonchev–Trinajstić information content (AvgIpc) is 2.34. The molecule has 1 aromatic carbocycles. The molecule has 0 amide bonds. The van der Waals surface area contributed by atoms with Crippen LogP contribution < -0.4 is 10.5 Å². The van der Waals surface area contributed by atoms with Gasteiger partial charge in [0.15, 0.2) is 0 Å². The molecule has 2 N–H and O–H groups in total. The van der Waals surface area contributed by atoms with Crippen molar-refractivity contribution in [1.82, 2.24) is 0 Å². The fourth-order valence-electron chi connectivity index (χ4n) is 1.55. The minimum atomic E-state index is -6.07. The Labute approximate surface area is 125 Å². The van der Waals surface area contributed by atoms with Crippen LogP contribution in [0, 0.1) is 0 Å². The third-order valence-electron chi connectivity index (χ3n) is 2.67. The molecule has 0 aliphatic heterocycles. The summed E-state index contributed by atoms with van der Waals surface area (Å²) in [7, 11) is 1.01. The molecule has 0 bridgehead atoms. The molecule has 0 aliphatic carbocycles. The van der Waals surface area contributed by atoms with Crippen molar-refractivity contribution < 1.29 is 39.9 Å². The van der Waals surface area contributed by atoms with E-state index in [0.29, 0.717) is 12.1 Å². The highest BCUT2D eigenvalue weighted by atomic mass is 35.5. The van der Waals surface area contributed by atoms with Gasteiger partial charge >= 0.3 is 18.3 Å². The highest BCUT2D eigenvalue weighted by molar-refractivity contribution is 5.85. The molecule has 0 heterocycles. The Morgan fingerprint density at radius 1 is 1.00 bits per heavy atom. The normalized spacial score (nSPS) is 14.3. The van der Waals surface area contributed by atoms with E-state index in [4.69, 9.17) is 5.73 Å². The van der Waals surface area contributed by atoms with Gasteiger partial charge in [-0.15, -0.1) is 12.4 Å². The number of nitrogens with two attached hydrogens (primary N) is 1. The Morgan fingerprint density at radius 3 is 1.86 bits per heavy atom. The molecule has 0 radical (unpaired) electrons. The largest absolute Gasteiger partial charge is 0.497 e. The number of halogens is 9. The summed E-state index contributed by atoms with van der Waals surface area (Å²) in [4.78, 5) is 0. The fourth-order valence-corrected chi connectivity index (χ4v) is 1.55. The first-order chi connectivity index (χ1) is 9.32. The van der Waals surface area contributed by atoms with Gasteiger partial charge < -0.3 is 10.5 Å². The highest BCUT2D eigenvalue weighted by Gasteiger charge is 2.62. The van der Waals surface area contributed by atoms with Gasteiger partial charge in [-0.3, -0.25) is 0 Å². The Bertz CT molecular complexity index is 514. The number of ether oxygens (including phenoxy) is 1. The topological polar surface area (TPSA) is 35.2 Å². The van der Waals surface area contributed by atoms with E-state index in [9.17, 15) is 35.1 Å². The van der Waals surface area contributed by atoms with Crippen LogP contribution in [-0.4, -0.2) is 19.2 Å². The van der Waals surface area contributed by atoms with Gasteiger partial charge in [0.25, 0.3) is 0 Å². The van der Waals surface area contributed by atoms with E-state index in [1.165, 1.54) is 0 Å². The summed E-state index contributed by atoms with van der Waals surface area (Å²) in [5.74, 6) is -5.87. The molecular formula is C11H10ClF8NO. The predicted octanol–water partition coefficient (Wildman–Crippen LogP) is 4.33. The highest BCUT2D eigenvalue weighted by Crippen LogP contribution is 2.46. The molecule has 0 aromatic heterocycles. The summed E-state index contributed by atoms with van der Waals surface area (Å²) >= 11 is 0. The van der Waals surface area contributed by atoms with Crippen LogP contribution in [0.4, 0.5) is 35.1 Å². The van der Waals surface area contributed by atoms with Crippen LogP contribution in [-0.2, 0) is 6.18 Å². The second-order valence-electron chi connectivity index (χ2n) is 4.05. The molecule has 1 atom stereocenters. The minimum Gasteiger partial charge on any atom is -0.497 e. The zero-order valence-electron chi connectivity index (χ0n) is 10.7. The van der Waals surface area contributed by atoms with E-state index in [1.54, 1.807) is 0 Å². The Balaban J connectivity index is 0.00000441. The maximum absolute atomic E-state index is 13.1. The SMILES string of the molecule is COc1ccc([C@H](N)C(F)(F)C(F)(F)F)c(C(F)(F)F)c1.Cl. The van der Waals surface area contributed by atoms with E-state index in [2.05, 4.69) is 4.74 Å². The van der Waals surface area contributed by atoms with Gasteiger partial charge in [0.1, 0.15) is 11.8 Å². The number of hydrogen-bond acceptors (Lipinski definition) is 2. The van der Waals surface area contributed by atoms with Gasteiger partial charge in [-0.1, -0.05) is 6.07 Å². The zero-order chi connectivity index (χ0) is 16.6. The molecule has 2 nitrogen and oxygen atoms in total. The van der Waals surface area contributed by atoms with E-state index in [1.807, 2.05) is 0 Å². The standard InChI is InChI=1S/C11H9F8NO.ClH/c1-21-5-2-3-6(7(4-5)10(14,15)16)8(20)9(12,13)11(17,18)19;/h2-4,8H,20H2,1H3;1H/t8-;/m0./s1. The van der Waals surface area contributed by atoms with Crippen molar-refractivity contribution in [3.05, 3.63) is 29.3 Å². The van der Waals surface area contributed by atoms with Crippen LogP contribution in [0.2, 0.25) is 0 Å². The first-order valence-electron chi connectivity index (χ1n) is 5.27. The van der Waals surface area contributed by atoms with Crippen LogP contribution in [0.5, 0.6) is 5.75 Å². The van der Waals surface area contributed by atoms with Crippen molar-refractivity contribution in [3.8, 4) is 5.75 Å². The number of hydrogen-bond donors (Lipinski definition) is 1. The lowest BCUT2D eigenvalue weighted by Gasteiger charge is -2.28. The Morgan fingerprint density at radius 2 is 1.50 bits per heavy atom. The summed E-state index contributed by atoms with van der Waals surface area (Å²) in [5.41, 5.74) is 1.66. The maximum Gasteiger partial charge on any atom is 0.455 e. The predicted molar refractivity (Wildman–Crippen MR) is 63.2 cm³/mol. The van der Waals surface area contributed by atoms with Crippen LogP contribution in [0.1, 0.15) is 17.2 Å². The first-order valence-corrected chi connectivity index (χ1v) is 5.27. The molecule has 0 aliphatic rings. The average molecular weight is 360 g/mol. The number of rotatable bonds is 3. The first kappa shape index (κ1) is 20.7. The summed E-state index contributed by atoms with van der Waals surface area (Å²) in [6, 6.07) is -1.63. The van der Waals surface area contributed by atoms with Crippen molar-refractivity contribution in [3.63, 3.8) is 0 Å². The van der Waals surface area contributed by atoms with E-state index in [-0.39, 0.29) is 18.2 Å². The van der Waals surface area contributed by atoms with Crippen LogP contribution in [0.15, 0.2) is 18.2 Å². The van der Waals surface area contributed by atoms with Crippen molar-refractivity contribution in [2.45, 2.75) is 24.3 Å². The third kappa shape index (κ3) is 3.92. The van der Waals surface area contributed by atoms with Gasteiger partial charge in [-0.05, 0) is 17.7 Å². The monoisotopic (exact) mass is 359 g/mol. The number of benzene rings is 1. The second-order valence-corrected chi connectivity index (χ2v) is 4.05. The van der Waals surface area contributed by atoms with Crippen LogP contribution in [0.25, 0.3) is 0 Å². The lowest BCUT2D eigenvalue weighted by Crippen LogP contribution is -2.46. The summed E-state index contributed by atoms with van der Waals surface area (Å²) in [5, 5.41) is 0. The van der Waals surface area contributed by atoms with Gasteiger partial charge in [-0.25, -0.2) is 0 Å². The lowest BCUT2D eigenvalue weighted by atomic mass is 9.95. The molecular weight excluding hydrogens is 350 g/mol. The van der Waals surface area contributed by atoms with Crippen LogP contribution in [0.3, 0.4) is 0 Å². The van der Waals surface area contributed by atoms with Crippen molar-refractivity contribution >= 4 is 12.4 Å². The molecule has 128 valence electrons. The van der Waals surface area contributed by atoms with Crippen molar-refractivity contribution in [2.75, 3.05) is 7.11 Å². The quantitative estimate of drug-likeness (QED) is 0.815. The van der Waals surface area contributed by atoms with Crippen molar-refractivity contribution in [1.29, 1.82) is 0 Å². The zero-order valence-corrected chi connectivity index (χ0v) is 11.5. The molecule has 0 spiro atoms. The Kier molecular flexibility index (Phi) is 6.07. The Hall–Kier alpha value is -1.29. The van der Waals surface area contributed by atoms with Crippen molar-refractivity contribution in [2.24, 2.45) is 5.73 Å². The molecule has 1 aromatic rings. The summed E-state index contributed by atoms with van der Waals surface area (Å²) in [6.45, 7) is 0. The van der Waals surface area contributed by atoms with Gasteiger partial charge in [0, 0.05) is 0 Å². The smallest absolute Gasteiger partial charge is 0.455 e. The summed E-state index contributed by atoms with van der Waals surface area (Å²) in [6.07, 6.45) is -11.2. The molecule has 0 unspecified atom stereocenters. The minimum absolute atomic E-state index is 0. The van der Waals surface area contributed by atoms with E-state index < -0.39 is 35.4 Å². The van der Waals surface area contributed by atoms with Gasteiger partial charge in [0.05, 0.1) is 12.7 Å². The molecule has 11 heteroatoms. The molecule has 0 fully saturated rings. The molecule has 1 rings (SSSR count). The van der Waals surface area contributed by atoms with Crippen LogP contribution >= 0.6 is 12.4 Å². The molecule has 0 saturated carbocycles. The summed E-state index contributed by atoms with van der Waals surface area (Å²) < 4.78 is 106.